The third kappa shape index (κ3) is 1.97. The van der Waals surface area contributed by atoms with E-state index in [1.165, 1.54) is 0 Å². The lowest BCUT2D eigenvalue weighted by Crippen LogP contribution is -2.45. The number of nitrogens with two attached hydrogens (primary N) is 1. The van der Waals surface area contributed by atoms with Crippen LogP contribution in [0.15, 0.2) is 88.9 Å². The molecule has 0 fully saturated rings. The molecule has 0 aromatic heterocycles. The molecule has 2 aromatic rings. The lowest BCUT2D eigenvalue weighted by molar-refractivity contribution is 0.811. The van der Waals surface area contributed by atoms with Gasteiger partial charge in [-0.2, -0.15) is 0 Å². The van der Waals surface area contributed by atoms with Crippen molar-refractivity contribution in [3.05, 3.63) is 84.0 Å². The van der Waals surface area contributed by atoms with Crippen molar-refractivity contribution in [1.29, 1.82) is 0 Å². The van der Waals surface area contributed by atoms with Gasteiger partial charge >= 0.3 is 0 Å². The second-order valence-electron chi connectivity index (χ2n) is 5.26. The maximum Gasteiger partial charge on any atom is 0.116 e. The van der Waals surface area contributed by atoms with Gasteiger partial charge in [0.25, 0.3) is 0 Å². The first kappa shape index (κ1) is 12.7. The molecule has 2 aliphatic rings. The lowest BCUT2D eigenvalue weighted by Gasteiger charge is -2.39. The third-order valence-electron chi connectivity index (χ3n) is 3.95. The standard InChI is InChI=1S/C18H16N4/c19-18-16-11-20-12-17(16)21(14-7-3-1-4-8-14)13-22(18)15-9-5-2-6-10-15/h1-12H,13,19H2. The first-order chi connectivity index (χ1) is 10.8. The van der Waals surface area contributed by atoms with E-state index in [1.54, 1.807) is 0 Å². The highest BCUT2D eigenvalue weighted by Crippen LogP contribution is 2.34. The van der Waals surface area contributed by atoms with Gasteiger partial charge in [-0.05, 0) is 24.3 Å². The summed E-state index contributed by atoms with van der Waals surface area (Å²) in [6, 6.07) is 20.5. The van der Waals surface area contributed by atoms with Crippen LogP contribution >= 0.6 is 0 Å². The van der Waals surface area contributed by atoms with Gasteiger partial charge in [-0.25, -0.2) is 0 Å². The zero-order valence-electron chi connectivity index (χ0n) is 12.1. The molecule has 4 nitrogen and oxygen atoms in total. The Morgan fingerprint density at radius 3 is 2.05 bits per heavy atom. The van der Waals surface area contributed by atoms with E-state index < -0.39 is 0 Å². The third-order valence-corrected chi connectivity index (χ3v) is 3.95. The number of nitrogens with zero attached hydrogens (tertiary/aromatic N) is 3. The molecule has 2 N–H and O–H groups in total. The normalized spacial score (nSPS) is 16.8. The fourth-order valence-corrected chi connectivity index (χ4v) is 2.83. The van der Waals surface area contributed by atoms with Crippen molar-refractivity contribution in [2.45, 2.75) is 0 Å². The van der Waals surface area contributed by atoms with Crippen LogP contribution in [0.25, 0.3) is 0 Å². The van der Waals surface area contributed by atoms with E-state index in [1.807, 2.05) is 48.8 Å². The van der Waals surface area contributed by atoms with Crippen LogP contribution in [0.3, 0.4) is 0 Å². The predicted octanol–water partition coefficient (Wildman–Crippen LogP) is 3.07. The molecule has 2 heterocycles. The average molecular weight is 288 g/mol. The average Bonchev–Trinajstić information content (AvgIpc) is 3.07. The fourth-order valence-electron chi connectivity index (χ4n) is 2.83. The van der Waals surface area contributed by atoms with Gasteiger partial charge in [0.2, 0.25) is 0 Å². The number of fused-ring (bicyclic) bond motifs is 1. The molecule has 4 heteroatoms. The fraction of sp³-hybridized carbons (Fsp3) is 0.0556. The number of hydrogen-bond donors (Lipinski definition) is 1. The second-order valence-corrected chi connectivity index (χ2v) is 5.26. The van der Waals surface area contributed by atoms with Gasteiger partial charge < -0.3 is 15.5 Å². The summed E-state index contributed by atoms with van der Waals surface area (Å²) < 4.78 is 0. The van der Waals surface area contributed by atoms with Crippen molar-refractivity contribution in [3.63, 3.8) is 0 Å². The van der Waals surface area contributed by atoms with Crippen LogP contribution in [0.5, 0.6) is 0 Å². The minimum atomic E-state index is 0.665. The van der Waals surface area contributed by atoms with E-state index in [0.29, 0.717) is 6.67 Å². The molecule has 0 saturated carbocycles. The molecular formula is C18H16N4. The lowest BCUT2D eigenvalue weighted by atomic mass is 10.1. The van der Waals surface area contributed by atoms with E-state index in [2.05, 4.69) is 39.1 Å². The number of allylic oxidation sites excluding steroid dienone is 1. The zero-order chi connectivity index (χ0) is 14.9. The van der Waals surface area contributed by atoms with Gasteiger partial charge in [-0.1, -0.05) is 36.4 Å². The first-order valence-corrected chi connectivity index (χ1v) is 7.23. The molecule has 0 aliphatic carbocycles. The first-order valence-electron chi connectivity index (χ1n) is 7.23. The van der Waals surface area contributed by atoms with Gasteiger partial charge in [-0.3, -0.25) is 4.99 Å². The molecule has 0 amide bonds. The Labute approximate surface area is 129 Å². The van der Waals surface area contributed by atoms with Gasteiger partial charge in [0, 0.05) is 17.6 Å². The molecule has 4 rings (SSSR count). The summed E-state index contributed by atoms with van der Waals surface area (Å²) in [7, 11) is 0. The van der Waals surface area contributed by atoms with E-state index >= 15 is 0 Å². The highest BCUT2D eigenvalue weighted by molar-refractivity contribution is 5.93. The second kappa shape index (κ2) is 5.07. The van der Waals surface area contributed by atoms with Crippen LogP contribution in [0.4, 0.5) is 11.4 Å². The Morgan fingerprint density at radius 1 is 0.818 bits per heavy atom. The highest BCUT2D eigenvalue weighted by atomic mass is 15.4. The molecule has 0 saturated heterocycles. The van der Waals surface area contributed by atoms with Crippen LogP contribution < -0.4 is 15.5 Å². The maximum atomic E-state index is 6.38. The molecular weight excluding hydrogens is 272 g/mol. The maximum absolute atomic E-state index is 6.38. The molecule has 0 bridgehead atoms. The summed E-state index contributed by atoms with van der Waals surface area (Å²) in [5.41, 5.74) is 10.6. The molecule has 22 heavy (non-hydrogen) atoms. The molecule has 0 atom stereocenters. The van der Waals surface area contributed by atoms with Crippen molar-refractivity contribution in [2.24, 2.45) is 10.7 Å². The minimum Gasteiger partial charge on any atom is -0.384 e. The largest absolute Gasteiger partial charge is 0.384 e. The molecule has 0 radical (unpaired) electrons. The SMILES string of the molecule is NC1=C2C=NC=C2N(c2ccccc2)CN1c1ccccc1. The molecule has 0 unspecified atom stereocenters. The molecule has 2 aromatic carbocycles. The van der Waals surface area contributed by atoms with Gasteiger partial charge in [0.15, 0.2) is 0 Å². The summed E-state index contributed by atoms with van der Waals surface area (Å²) in [6.45, 7) is 0.665. The Bertz CT molecular complexity index is 775. The van der Waals surface area contributed by atoms with Crippen LogP contribution in [-0.4, -0.2) is 12.9 Å². The van der Waals surface area contributed by atoms with Crippen LogP contribution in [0.1, 0.15) is 0 Å². The Hall–Kier alpha value is -3.01. The number of rotatable bonds is 2. The van der Waals surface area contributed by atoms with Crippen LogP contribution in [-0.2, 0) is 0 Å². The summed E-state index contributed by atoms with van der Waals surface area (Å²) in [5, 5.41) is 0. The molecule has 108 valence electrons. The Morgan fingerprint density at radius 2 is 1.41 bits per heavy atom. The summed E-state index contributed by atoms with van der Waals surface area (Å²) in [6.07, 6.45) is 3.70. The van der Waals surface area contributed by atoms with E-state index in [0.717, 1.165) is 28.5 Å². The number of hydrogen-bond acceptors (Lipinski definition) is 4. The highest BCUT2D eigenvalue weighted by Gasteiger charge is 2.30. The monoisotopic (exact) mass is 288 g/mol. The van der Waals surface area contributed by atoms with Gasteiger partial charge in [0.05, 0.1) is 17.5 Å². The number of para-hydroxylation sites is 2. The molecule has 0 spiro atoms. The predicted molar refractivity (Wildman–Crippen MR) is 90.5 cm³/mol. The van der Waals surface area contributed by atoms with Crippen molar-refractivity contribution in [3.8, 4) is 0 Å². The summed E-state index contributed by atoms with van der Waals surface area (Å²) in [4.78, 5) is 8.62. The summed E-state index contributed by atoms with van der Waals surface area (Å²) in [5.74, 6) is 0.742. The van der Waals surface area contributed by atoms with Crippen molar-refractivity contribution in [2.75, 3.05) is 16.5 Å². The summed E-state index contributed by atoms with van der Waals surface area (Å²) >= 11 is 0. The number of benzene rings is 2. The van der Waals surface area contributed by atoms with Gasteiger partial charge in [0.1, 0.15) is 12.5 Å². The van der Waals surface area contributed by atoms with Gasteiger partial charge in [-0.15, -0.1) is 0 Å². The van der Waals surface area contributed by atoms with E-state index in [9.17, 15) is 0 Å². The minimum absolute atomic E-state index is 0.665. The van der Waals surface area contributed by atoms with Crippen molar-refractivity contribution >= 4 is 17.6 Å². The number of anilines is 2. The topological polar surface area (TPSA) is 44.9 Å². The smallest absolute Gasteiger partial charge is 0.116 e. The number of aliphatic imine (C=N–C) groups is 1. The van der Waals surface area contributed by atoms with Crippen LogP contribution in [0, 0.1) is 0 Å². The van der Waals surface area contributed by atoms with Crippen molar-refractivity contribution in [1.82, 2.24) is 0 Å². The van der Waals surface area contributed by atoms with E-state index in [4.69, 9.17) is 5.73 Å². The Balaban J connectivity index is 1.81. The quantitative estimate of drug-likeness (QED) is 0.923. The van der Waals surface area contributed by atoms with Crippen LogP contribution in [0.2, 0.25) is 0 Å². The Kier molecular flexibility index (Phi) is 2.93. The zero-order valence-corrected chi connectivity index (χ0v) is 12.1. The van der Waals surface area contributed by atoms with Crippen molar-refractivity contribution < 1.29 is 0 Å². The molecule has 2 aliphatic heterocycles. The van der Waals surface area contributed by atoms with E-state index in [-0.39, 0.29) is 0 Å².